The van der Waals surface area contributed by atoms with Gasteiger partial charge in [0.05, 0.1) is 0 Å². The Labute approximate surface area is 96.2 Å². The summed E-state index contributed by atoms with van der Waals surface area (Å²) >= 11 is 0. The van der Waals surface area contributed by atoms with E-state index in [0.717, 1.165) is 11.3 Å². The van der Waals surface area contributed by atoms with E-state index in [-0.39, 0.29) is 11.9 Å². The molecule has 0 bridgehead atoms. The van der Waals surface area contributed by atoms with Gasteiger partial charge in [0.2, 0.25) is 5.91 Å². The number of para-hydroxylation sites is 1. The Kier molecular flexibility index (Phi) is 4.79. The molecule has 4 nitrogen and oxygen atoms in total. The summed E-state index contributed by atoms with van der Waals surface area (Å²) in [6, 6.07) is 7.93. The van der Waals surface area contributed by atoms with Gasteiger partial charge in [-0.1, -0.05) is 18.2 Å². The minimum absolute atomic E-state index is 0.00321. The predicted molar refractivity (Wildman–Crippen MR) is 66.3 cm³/mol. The fourth-order valence-electron chi connectivity index (χ4n) is 1.47. The van der Waals surface area contributed by atoms with E-state index >= 15 is 0 Å². The summed E-state index contributed by atoms with van der Waals surface area (Å²) in [5, 5.41) is 5.87. The van der Waals surface area contributed by atoms with Crippen LogP contribution in [0.1, 0.15) is 12.0 Å². The van der Waals surface area contributed by atoms with Crippen molar-refractivity contribution in [3.8, 4) is 0 Å². The standard InChI is InChI=1S/C12H19N3O/c1-9-5-3-4-6-11(9)15-10(8-13)7-12(16)14-2/h3-6,10,15H,7-8,13H2,1-2H3,(H,14,16). The van der Waals surface area contributed by atoms with Crippen LogP contribution in [0, 0.1) is 6.92 Å². The Morgan fingerprint density at radius 1 is 1.44 bits per heavy atom. The quantitative estimate of drug-likeness (QED) is 0.691. The van der Waals surface area contributed by atoms with Crippen LogP contribution in [0.25, 0.3) is 0 Å². The molecule has 4 heteroatoms. The largest absolute Gasteiger partial charge is 0.380 e. The SMILES string of the molecule is CNC(=O)CC(CN)Nc1ccccc1C. The van der Waals surface area contributed by atoms with Crippen LogP contribution >= 0.6 is 0 Å². The molecule has 0 saturated carbocycles. The zero-order valence-corrected chi connectivity index (χ0v) is 9.79. The molecule has 0 aliphatic heterocycles. The molecule has 0 aliphatic carbocycles. The van der Waals surface area contributed by atoms with Crippen molar-refractivity contribution in [2.75, 3.05) is 18.9 Å². The second kappa shape index (κ2) is 6.12. The summed E-state index contributed by atoms with van der Waals surface area (Å²) in [6.45, 7) is 2.46. The van der Waals surface area contributed by atoms with Crippen LogP contribution < -0.4 is 16.4 Å². The highest BCUT2D eigenvalue weighted by molar-refractivity contribution is 5.76. The second-order valence-corrected chi connectivity index (χ2v) is 3.77. The summed E-state index contributed by atoms with van der Waals surface area (Å²) in [7, 11) is 1.63. The Bertz CT molecular complexity index is 352. The molecule has 4 N–H and O–H groups in total. The van der Waals surface area contributed by atoms with Crippen LogP contribution in [-0.4, -0.2) is 25.5 Å². The van der Waals surface area contributed by atoms with Gasteiger partial charge < -0.3 is 16.4 Å². The van der Waals surface area contributed by atoms with Gasteiger partial charge in [0.25, 0.3) is 0 Å². The van der Waals surface area contributed by atoms with E-state index in [9.17, 15) is 4.79 Å². The van der Waals surface area contributed by atoms with Gasteiger partial charge in [0.15, 0.2) is 0 Å². The Morgan fingerprint density at radius 2 is 2.12 bits per heavy atom. The molecule has 16 heavy (non-hydrogen) atoms. The van der Waals surface area contributed by atoms with Crippen LogP contribution in [-0.2, 0) is 4.79 Å². The fourth-order valence-corrected chi connectivity index (χ4v) is 1.47. The number of amides is 1. The van der Waals surface area contributed by atoms with Crippen LogP contribution in [0.2, 0.25) is 0 Å². The molecule has 1 rings (SSSR count). The lowest BCUT2D eigenvalue weighted by Gasteiger charge is -2.18. The number of hydrogen-bond acceptors (Lipinski definition) is 3. The van der Waals surface area contributed by atoms with E-state index in [1.54, 1.807) is 7.05 Å². The lowest BCUT2D eigenvalue weighted by molar-refractivity contribution is -0.120. The molecule has 1 amide bonds. The van der Waals surface area contributed by atoms with Gasteiger partial charge in [0.1, 0.15) is 0 Å². The number of carbonyl (C=O) groups is 1. The van der Waals surface area contributed by atoms with E-state index in [1.807, 2.05) is 31.2 Å². The van der Waals surface area contributed by atoms with Crippen molar-refractivity contribution < 1.29 is 4.79 Å². The average Bonchev–Trinajstić information content (AvgIpc) is 2.30. The van der Waals surface area contributed by atoms with E-state index < -0.39 is 0 Å². The van der Waals surface area contributed by atoms with Gasteiger partial charge >= 0.3 is 0 Å². The molecule has 0 aliphatic rings. The Morgan fingerprint density at radius 3 is 2.69 bits per heavy atom. The summed E-state index contributed by atoms with van der Waals surface area (Å²) in [5.41, 5.74) is 7.81. The molecule has 0 saturated heterocycles. The van der Waals surface area contributed by atoms with Gasteiger partial charge in [-0.2, -0.15) is 0 Å². The highest BCUT2D eigenvalue weighted by Crippen LogP contribution is 2.14. The number of hydrogen-bond donors (Lipinski definition) is 3. The van der Waals surface area contributed by atoms with E-state index in [4.69, 9.17) is 5.73 Å². The van der Waals surface area contributed by atoms with Gasteiger partial charge in [0, 0.05) is 31.7 Å². The normalized spacial score (nSPS) is 11.9. The van der Waals surface area contributed by atoms with Crippen LogP contribution in [0.3, 0.4) is 0 Å². The third-order valence-corrected chi connectivity index (χ3v) is 2.50. The van der Waals surface area contributed by atoms with Gasteiger partial charge in [-0.25, -0.2) is 0 Å². The fraction of sp³-hybridized carbons (Fsp3) is 0.417. The number of nitrogens with one attached hydrogen (secondary N) is 2. The summed E-state index contributed by atoms with van der Waals surface area (Å²) in [5.74, 6) is -0.00321. The van der Waals surface area contributed by atoms with Crippen molar-refractivity contribution in [3.63, 3.8) is 0 Å². The molecule has 0 spiro atoms. The van der Waals surface area contributed by atoms with Crippen molar-refractivity contribution >= 4 is 11.6 Å². The first-order valence-electron chi connectivity index (χ1n) is 5.40. The number of nitrogens with two attached hydrogens (primary N) is 1. The van der Waals surface area contributed by atoms with Crippen molar-refractivity contribution in [1.29, 1.82) is 0 Å². The van der Waals surface area contributed by atoms with E-state index in [0.29, 0.717) is 13.0 Å². The maximum atomic E-state index is 11.2. The monoisotopic (exact) mass is 221 g/mol. The molecule has 0 aromatic heterocycles. The third kappa shape index (κ3) is 3.55. The Balaban J connectivity index is 2.63. The number of carbonyl (C=O) groups excluding carboxylic acids is 1. The first-order valence-corrected chi connectivity index (χ1v) is 5.40. The van der Waals surface area contributed by atoms with Crippen LogP contribution in [0.5, 0.6) is 0 Å². The van der Waals surface area contributed by atoms with Crippen LogP contribution in [0.15, 0.2) is 24.3 Å². The zero-order chi connectivity index (χ0) is 12.0. The van der Waals surface area contributed by atoms with E-state index in [2.05, 4.69) is 10.6 Å². The van der Waals surface area contributed by atoms with Crippen molar-refractivity contribution in [1.82, 2.24) is 5.32 Å². The van der Waals surface area contributed by atoms with Crippen molar-refractivity contribution in [2.45, 2.75) is 19.4 Å². The van der Waals surface area contributed by atoms with E-state index in [1.165, 1.54) is 0 Å². The number of rotatable bonds is 5. The van der Waals surface area contributed by atoms with Crippen molar-refractivity contribution in [3.05, 3.63) is 29.8 Å². The molecular formula is C12H19N3O. The molecule has 1 aromatic carbocycles. The first-order chi connectivity index (χ1) is 7.67. The Hall–Kier alpha value is -1.55. The predicted octanol–water partition coefficient (Wildman–Crippen LogP) is 0.870. The maximum Gasteiger partial charge on any atom is 0.221 e. The number of aryl methyl sites for hydroxylation is 1. The third-order valence-electron chi connectivity index (χ3n) is 2.50. The zero-order valence-electron chi connectivity index (χ0n) is 9.79. The molecule has 1 unspecified atom stereocenters. The molecule has 1 aromatic rings. The highest BCUT2D eigenvalue weighted by atomic mass is 16.1. The number of anilines is 1. The minimum atomic E-state index is -0.0268. The molecule has 0 heterocycles. The summed E-state index contributed by atoms with van der Waals surface area (Å²) in [4.78, 5) is 11.2. The van der Waals surface area contributed by atoms with Gasteiger partial charge in [-0.05, 0) is 18.6 Å². The molecule has 0 fully saturated rings. The number of benzene rings is 1. The lowest BCUT2D eigenvalue weighted by Crippen LogP contribution is -2.34. The lowest BCUT2D eigenvalue weighted by atomic mass is 10.1. The van der Waals surface area contributed by atoms with Crippen LogP contribution in [0.4, 0.5) is 5.69 Å². The summed E-state index contributed by atoms with van der Waals surface area (Å²) in [6.07, 6.45) is 0.390. The molecule has 1 atom stereocenters. The van der Waals surface area contributed by atoms with Gasteiger partial charge in [-0.15, -0.1) is 0 Å². The van der Waals surface area contributed by atoms with Gasteiger partial charge in [-0.3, -0.25) is 4.79 Å². The summed E-state index contributed by atoms with van der Waals surface area (Å²) < 4.78 is 0. The highest BCUT2D eigenvalue weighted by Gasteiger charge is 2.11. The maximum absolute atomic E-state index is 11.2. The molecule has 88 valence electrons. The minimum Gasteiger partial charge on any atom is -0.380 e. The first kappa shape index (κ1) is 12.5. The molecule has 0 radical (unpaired) electrons. The van der Waals surface area contributed by atoms with Crippen molar-refractivity contribution in [2.24, 2.45) is 5.73 Å². The molecular weight excluding hydrogens is 202 g/mol. The topological polar surface area (TPSA) is 67.2 Å². The average molecular weight is 221 g/mol. The second-order valence-electron chi connectivity index (χ2n) is 3.77. The smallest absolute Gasteiger partial charge is 0.221 e.